The number of carbonyl (C=O) groups is 1. The van der Waals surface area contributed by atoms with E-state index in [4.69, 9.17) is 21.4 Å². The highest BCUT2D eigenvalue weighted by Gasteiger charge is 2.26. The van der Waals surface area contributed by atoms with Gasteiger partial charge in [0.1, 0.15) is 0 Å². The second kappa shape index (κ2) is 4.71. The van der Waals surface area contributed by atoms with Crippen LogP contribution in [0.2, 0.25) is 5.02 Å². The third-order valence-corrected chi connectivity index (χ3v) is 3.59. The summed E-state index contributed by atoms with van der Waals surface area (Å²) in [7, 11) is 0. The fourth-order valence-electron chi connectivity index (χ4n) is 1.74. The van der Waals surface area contributed by atoms with Gasteiger partial charge in [-0.05, 0) is 23.3 Å². The maximum atomic E-state index is 11.2. The first-order valence-corrected chi connectivity index (χ1v) is 6.08. The Labute approximate surface area is 105 Å². The minimum atomic E-state index is -2.07. The molecule has 0 fully saturated rings. The number of amides is 1. The molecule has 1 aliphatic rings. The number of fused-ring (bicyclic) bond motifs is 1. The molecule has 6 nitrogen and oxygen atoms in total. The van der Waals surface area contributed by atoms with E-state index in [1.54, 1.807) is 6.07 Å². The van der Waals surface area contributed by atoms with E-state index in [-0.39, 0.29) is 18.7 Å². The summed E-state index contributed by atoms with van der Waals surface area (Å²) in [6, 6.07) is 2.95. The first-order chi connectivity index (χ1) is 8.02. The van der Waals surface area contributed by atoms with Crippen molar-refractivity contribution in [1.29, 1.82) is 0 Å². The van der Waals surface area contributed by atoms with Gasteiger partial charge in [0.25, 0.3) is 5.91 Å². The van der Waals surface area contributed by atoms with Gasteiger partial charge in [-0.3, -0.25) is 14.6 Å². The fourth-order valence-corrected chi connectivity index (χ4v) is 2.53. The zero-order valence-corrected chi connectivity index (χ0v) is 10.1. The van der Waals surface area contributed by atoms with Crippen LogP contribution in [0.15, 0.2) is 12.1 Å². The lowest BCUT2D eigenvalue weighted by Crippen LogP contribution is -2.19. The van der Waals surface area contributed by atoms with Crippen LogP contribution in [0.4, 0.5) is 0 Å². The molecule has 1 aromatic rings. The van der Waals surface area contributed by atoms with E-state index in [1.165, 1.54) is 15.9 Å². The SMILES string of the molecule is O=C(NO)c1cc(Cl)c2c(c1)CN(S(=O)O)C2. The lowest BCUT2D eigenvalue weighted by molar-refractivity contribution is 0.0706. The van der Waals surface area contributed by atoms with Gasteiger partial charge in [0, 0.05) is 23.7 Å². The Morgan fingerprint density at radius 2 is 2.18 bits per heavy atom. The van der Waals surface area contributed by atoms with Gasteiger partial charge in [-0.25, -0.2) is 9.69 Å². The Morgan fingerprint density at radius 3 is 2.76 bits per heavy atom. The lowest BCUT2D eigenvalue weighted by atomic mass is 10.1. The summed E-state index contributed by atoms with van der Waals surface area (Å²) >= 11 is 3.91. The highest BCUT2D eigenvalue weighted by atomic mass is 35.5. The molecule has 3 N–H and O–H groups in total. The van der Waals surface area contributed by atoms with Crippen molar-refractivity contribution >= 4 is 28.8 Å². The molecule has 1 unspecified atom stereocenters. The van der Waals surface area contributed by atoms with Crippen LogP contribution in [-0.4, -0.2) is 24.2 Å². The van der Waals surface area contributed by atoms with E-state index < -0.39 is 17.2 Å². The van der Waals surface area contributed by atoms with E-state index in [0.717, 1.165) is 5.56 Å². The van der Waals surface area contributed by atoms with Gasteiger partial charge in [0.05, 0.1) is 0 Å². The van der Waals surface area contributed by atoms with Crippen molar-refractivity contribution in [2.75, 3.05) is 0 Å². The lowest BCUT2D eigenvalue weighted by Gasteiger charge is -2.06. The van der Waals surface area contributed by atoms with Crippen LogP contribution in [0.25, 0.3) is 0 Å². The number of nitrogens with one attached hydrogen (secondary N) is 1. The van der Waals surface area contributed by atoms with Crippen LogP contribution in [-0.2, 0) is 24.4 Å². The van der Waals surface area contributed by atoms with Crippen molar-refractivity contribution in [1.82, 2.24) is 9.79 Å². The van der Waals surface area contributed by atoms with Gasteiger partial charge >= 0.3 is 0 Å². The largest absolute Gasteiger partial charge is 0.294 e. The number of carbonyl (C=O) groups excluding carboxylic acids is 1. The molecule has 1 heterocycles. The predicted molar refractivity (Wildman–Crippen MR) is 60.7 cm³/mol. The molecule has 2 rings (SSSR count). The highest BCUT2D eigenvalue weighted by Crippen LogP contribution is 2.31. The normalized spacial score (nSPS) is 16.6. The summed E-state index contributed by atoms with van der Waals surface area (Å²) in [5.41, 5.74) is 3.16. The summed E-state index contributed by atoms with van der Waals surface area (Å²) in [5.74, 6) is -0.668. The Kier molecular flexibility index (Phi) is 3.45. The maximum Gasteiger partial charge on any atom is 0.274 e. The van der Waals surface area contributed by atoms with E-state index in [0.29, 0.717) is 10.6 Å². The fraction of sp³-hybridized carbons (Fsp3) is 0.222. The van der Waals surface area contributed by atoms with Crippen LogP contribution in [0, 0.1) is 0 Å². The zero-order chi connectivity index (χ0) is 12.6. The van der Waals surface area contributed by atoms with Crippen molar-refractivity contribution in [2.45, 2.75) is 13.1 Å². The van der Waals surface area contributed by atoms with Crippen LogP contribution >= 0.6 is 11.6 Å². The molecule has 0 saturated carbocycles. The monoisotopic (exact) mass is 276 g/mol. The van der Waals surface area contributed by atoms with Gasteiger partial charge in [0.15, 0.2) is 0 Å². The molecule has 0 spiro atoms. The molecular formula is C9H9ClN2O4S. The van der Waals surface area contributed by atoms with Gasteiger partial charge in [-0.1, -0.05) is 11.6 Å². The first kappa shape index (κ1) is 12.5. The van der Waals surface area contributed by atoms with E-state index in [2.05, 4.69) is 0 Å². The van der Waals surface area contributed by atoms with Gasteiger partial charge in [0.2, 0.25) is 11.3 Å². The number of hydrogen-bond donors (Lipinski definition) is 3. The van der Waals surface area contributed by atoms with E-state index >= 15 is 0 Å². The molecule has 8 heteroatoms. The van der Waals surface area contributed by atoms with Crippen LogP contribution in [0.5, 0.6) is 0 Å². The third-order valence-electron chi connectivity index (χ3n) is 2.55. The topological polar surface area (TPSA) is 89.9 Å². The maximum absolute atomic E-state index is 11.2. The van der Waals surface area contributed by atoms with Gasteiger partial charge in [-0.15, -0.1) is 0 Å². The molecule has 1 amide bonds. The molecule has 17 heavy (non-hydrogen) atoms. The van der Waals surface area contributed by atoms with Crippen molar-refractivity contribution < 1.29 is 18.8 Å². The summed E-state index contributed by atoms with van der Waals surface area (Å²) in [5, 5.41) is 8.87. The van der Waals surface area contributed by atoms with E-state index in [1.807, 2.05) is 0 Å². The van der Waals surface area contributed by atoms with Crippen molar-refractivity contribution in [2.24, 2.45) is 0 Å². The molecule has 1 aromatic carbocycles. The van der Waals surface area contributed by atoms with Crippen LogP contribution in [0.1, 0.15) is 21.5 Å². The van der Waals surface area contributed by atoms with Crippen molar-refractivity contribution in [3.8, 4) is 0 Å². The highest BCUT2D eigenvalue weighted by molar-refractivity contribution is 7.76. The molecule has 0 aromatic heterocycles. The number of halogens is 1. The number of benzene rings is 1. The third kappa shape index (κ3) is 2.33. The second-order valence-electron chi connectivity index (χ2n) is 3.57. The molecule has 1 aliphatic heterocycles. The average molecular weight is 277 g/mol. The summed E-state index contributed by atoms with van der Waals surface area (Å²) in [6.45, 7) is 0.503. The molecule has 0 radical (unpaired) electrons. The van der Waals surface area contributed by atoms with Gasteiger partial charge < -0.3 is 0 Å². The van der Waals surface area contributed by atoms with Crippen LogP contribution < -0.4 is 5.48 Å². The zero-order valence-electron chi connectivity index (χ0n) is 8.51. The average Bonchev–Trinajstić information content (AvgIpc) is 2.72. The molecular weight excluding hydrogens is 268 g/mol. The van der Waals surface area contributed by atoms with E-state index in [9.17, 15) is 9.00 Å². The first-order valence-electron chi connectivity index (χ1n) is 4.64. The Morgan fingerprint density at radius 1 is 1.47 bits per heavy atom. The molecule has 1 atom stereocenters. The second-order valence-corrected chi connectivity index (χ2v) is 4.95. The van der Waals surface area contributed by atoms with Crippen molar-refractivity contribution in [3.63, 3.8) is 0 Å². The van der Waals surface area contributed by atoms with Crippen molar-refractivity contribution in [3.05, 3.63) is 33.8 Å². The molecule has 0 saturated heterocycles. The number of hydroxylamine groups is 1. The summed E-state index contributed by atoms with van der Waals surface area (Å²) < 4.78 is 21.2. The van der Waals surface area contributed by atoms with Crippen LogP contribution in [0.3, 0.4) is 0 Å². The van der Waals surface area contributed by atoms with Gasteiger partial charge in [-0.2, -0.15) is 4.31 Å². The number of hydrogen-bond acceptors (Lipinski definition) is 3. The molecule has 92 valence electrons. The minimum Gasteiger partial charge on any atom is -0.294 e. The summed E-state index contributed by atoms with van der Waals surface area (Å²) in [4.78, 5) is 11.2. The Bertz CT molecular complexity index is 508. The molecule has 0 aliphatic carbocycles. The summed E-state index contributed by atoms with van der Waals surface area (Å²) in [6.07, 6.45) is 0. The number of rotatable bonds is 2. The smallest absolute Gasteiger partial charge is 0.274 e. The molecule has 0 bridgehead atoms. The minimum absolute atomic E-state index is 0.210. The predicted octanol–water partition coefficient (Wildman–Crippen LogP) is 0.911. The standard InChI is InChI=1S/C9H9ClN2O4S/c10-8-2-5(9(13)11-14)1-6-3-12(17(15)16)4-7(6)8/h1-2,14H,3-4H2,(H,11,13)(H,15,16). The number of nitrogens with zero attached hydrogens (tertiary/aromatic N) is 1. The Balaban J connectivity index is 2.38. The quantitative estimate of drug-likeness (QED) is 0.425. The Hall–Kier alpha value is -0.990.